The van der Waals surface area contributed by atoms with Crippen LogP contribution in [0, 0.1) is 5.92 Å². The lowest BCUT2D eigenvalue weighted by molar-refractivity contribution is 0.136. The van der Waals surface area contributed by atoms with Crippen LogP contribution in [0.25, 0.3) is 0 Å². The van der Waals surface area contributed by atoms with Crippen LogP contribution in [0.4, 0.5) is 0 Å². The van der Waals surface area contributed by atoms with Gasteiger partial charge in [0.15, 0.2) is 0 Å². The highest BCUT2D eigenvalue weighted by Crippen LogP contribution is 2.20. The third-order valence-electron chi connectivity index (χ3n) is 2.74. The molecule has 0 saturated heterocycles. The van der Waals surface area contributed by atoms with Crippen molar-refractivity contribution in [1.29, 1.82) is 0 Å². The molecule has 0 saturated carbocycles. The zero-order valence-corrected chi connectivity index (χ0v) is 12.1. The van der Waals surface area contributed by atoms with Crippen LogP contribution in [0.15, 0.2) is 54.3 Å². The Kier molecular flexibility index (Phi) is 7.48. The molecule has 0 N–H and O–H groups in total. The Balaban J connectivity index is 0.000000861. The first kappa shape index (κ1) is 15.4. The van der Waals surface area contributed by atoms with Crippen molar-refractivity contribution in [1.82, 2.24) is 0 Å². The topological polar surface area (TPSA) is 18.5 Å². The summed E-state index contributed by atoms with van der Waals surface area (Å²) < 4.78 is 11.3. The van der Waals surface area contributed by atoms with E-state index in [2.05, 4.69) is 13.0 Å². The second-order valence-electron chi connectivity index (χ2n) is 4.14. The maximum atomic E-state index is 5.70. The highest BCUT2D eigenvalue weighted by atomic mass is 16.5. The van der Waals surface area contributed by atoms with Crippen LogP contribution >= 0.6 is 0 Å². The molecule has 1 unspecified atom stereocenters. The van der Waals surface area contributed by atoms with Crippen LogP contribution in [-0.2, 0) is 4.74 Å². The van der Waals surface area contributed by atoms with Crippen molar-refractivity contribution in [3.8, 4) is 5.75 Å². The van der Waals surface area contributed by atoms with Crippen molar-refractivity contribution < 1.29 is 9.47 Å². The van der Waals surface area contributed by atoms with Gasteiger partial charge in [0.05, 0.1) is 5.76 Å². The number of benzene rings is 1. The molecule has 0 aromatic heterocycles. The normalized spacial score (nSPS) is 17.0. The minimum absolute atomic E-state index is 0.483. The predicted octanol–water partition coefficient (Wildman–Crippen LogP) is 4.59. The van der Waals surface area contributed by atoms with E-state index in [1.165, 1.54) is 0 Å². The lowest BCUT2D eigenvalue weighted by Gasteiger charge is -2.18. The Morgan fingerprint density at radius 3 is 2.42 bits per heavy atom. The van der Waals surface area contributed by atoms with E-state index in [1.54, 1.807) is 0 Å². The maximum Gasteiger partial charge on any atom is 0.122 e. The van der Waals surface area contributed by atoms with Crippen molar-refractivity contribution >= 4 is 0 Å². The molecule has 19 heavy (non-hydrogen) atoms. The summed E-state index contributed by atoms with van der Waals surface area (Å²) in [6.45, 7) is 7.35. The van der Waals surface area contributed by atoms with E-state index in [1.807, 2.05) is 56.3 Å². The minimum atomic E-state index is 0.483. The second kappa shape index (κ2) is 9.26. The number of rotatable bonds is 5. The minimum Gasteiger partial charge on any atom is -0.494 e. The highest BCUT2D eigenvalue weighted by Gasteiger charge is 2.10. The third-order valence-corrected chi connectivity index (χ3v) is 2.74. The molecule has 1 aliphatic carbocycles. The number of hydrogen-bond acceptors (Lipinski definition) is 2. The summed E-state index contributed by atoms with van der Waals surface area (Å²) in [6.07, 6.45) is 7.31. The van der Waals surface area contributed by atoms with Gasteiger partial charge in [0.25, 0.3) is 0 Å². The van der Waals surface area contributed by atoms with Gasteiger partial charge in [-0.3, -0.25) is 0 Å². The first-order valence-corrected chi connectivity index (χ1v) is 7.03. The molecule has 0 heterocycles. The van der Waals surface area contributed by atoms with Crippen molar-refractivity contribution in [3.05, 3.63) is 54.3 Å². The van der Waals surface area contributed by atoms with Crippen LogP contribution in [0.5, 0.6) is 5.75 Å². The van der Waals surface area contributed by atoms with Crippen LogP contribution in [-0.4, -0.2) is 13.2 Å². The van der Waals surface area contributed by atoms with Crippen LogP contribution in [0.2, 0.25) is 0 Å². The van der Waals surface area contributed by atoms with Gasteiger partial charge in [-0.25, -0.2) is 0 Å². The second-order valence-corrected chi connectivity index (χ2v) is 4.14. The fourth-order valence-electron chi connectivity index (χ4n) is 1.75. The fourth-order valence-corrected chi connectivity index (χ4v) is 1.75. The zero-order chi connectivity index (χ0) is 13.9. The molecule has 0 spiro atoms. The number of ether oxygens (including phenoxy) is 2. The maximum absolute atomic E-state index is 5.70. The van der Waals surface area contributed by atoms with Gasteiger partial charge in [-0.2, -0.15) is 0 Å². The molecule has 2 rings (SSSR count). The molecule has 2 nitrogen and oxygen atoms in total. The Bertz CT molecular complexity index is 393. The SMILES string of the molecule is CC.CC1CC=CC=C1OCCOc1ccccc1. The first-order chi connectivity index (χ1) is 9.36. The molecule has 104 valence electrons. The van der Waals surface area contributed by atoms with Gasteiger partial charge in [-0.05, 0) is 24.6 Å². The summed E-state index contributed by atoms with van der Waals surface area (Å²) in [5.74, 6) is 2.43. The third kappa shape index (κ3) is 5.64. The van der Waals surface area contributed by atoms with E-state index < -0.39 is 0 Å². The van der Waals surface area contributed by atoms with Gasteiger partial charge in [0, 0.05) is 5.92 Å². The molecule has 0 amide bonds. The van der Waals surface area contributed by atoms with Crippen LogP contribution in [0.1, 0.15) is 27.2 Å². The van der Waals surface area contributed by atoms with Gasteiger partial charge >= 0.3 is 0 Å². The molecule has 0 radical (unpaired) electrons. The van der Waals surface area contributed by atoms with Gasteiger partial charge in [-0.15, -0.1) is 0 Å². The van der Waals surface area contributed by atoms with Crippen molar-refractivity contribution in [2.45, 2.75) is 27.2 Å². The van der Waals surface area contributed by atoms with E-state index in [4.69, 9.17) is 9.47 Å². The fraction of sp³-hybridized carbons (Fsp3) is 0.412. The largest absolute Gasteiger partial charge is 0.494 e. The Hall–Kier alpha value is -1.70. The van der Waals surface area contributed by atoms with Gasteiger partial charge in [0.2, 0.25) is 0 Å². The molecule has 0 fully saturated rings. The summed E-state index contributed by atoms with van der Waals surface area (Å²) in [7, 11) is 0. The van der Waals surface area contributed by atoms with E-state index in [9.17, 15) is 0 Å². The molecule has 0 bridgehead atoms. The lowest BCUT2D eigenvalue weighted by Crippen LogP contribution is -2.11. The van der Waals surface area contributed by atoms with E-state index in [0.29, 0.717) is 19.1 Å². The monoisotopic (exact) mass is 260 g/mol. The van der Waals surface area contributed by atoms with E-state index in [0.717, 1.165) is 17.9 Å². The average molecular weight is 260 g/mol. The molecule has 2 heteroatoms. The van der Waals surface area contributed by atoms with Crippen molar-refractivity contribution in [2.24, 2.45) is 5.92 Å². The van der Waals surface area contributed by atoms with Crippen LogP contribution in [0.3, 0.4) is 0 Å². The average Bonchev–Trinajstić information content (AvgIpc) is 2.48. The molecule has 1 aromatic carbocycles. The number of para-hydroxylation sites is 1. The highest BCUT2D eigenvalue weighted by molar-refractivity contribution is 5.20. The smallest absolute Gasteiger partial charge is 0.122 e. The molecule has 1 aliphatic rings. The molecular weight excluding hydrogens is 236 g/mol. The quantitative estimate of drug-likeness (QED) is 0.721. The first-order valence-electron chi connectivity index (χ1n) is 7.03. The van der Waals surface area contributed by atoms with E-state index in [-0.39, 0.29) is 0 Å². The zero-order valence-electron chi connectivity index (χ0n) is 12.1. The predicted molar refractivity (Wildman–Crippen MR) is 80.2 cm³/mol. The van der Waals surface area contributed by atoms with Crippen LogP contribution < -0.4 is 4.74 Å². The van der Waals surface area contributed by atoms with Gasteiger partial charge in [0.1, 0.15) is 19.0 Å². The van der Waals surface area contributed by atoms with Crippen molar-refractivity contribution in [3.63, 3.8) is 0 Å². The van der Waals surface area contributed by atoms with Gasteiger partial charge in [-0.1, -0.05) is 51.1 Å². The Morgan fingerprint density at radius 2 is 1.74 bits per heavy atom. The summed E-state index contributed by atoms with van der Waals surface area (Å²) >= 11 is 0. The summed E-state index contributed by atoms with van der Waals surface area (Å²) in [4.78, 5) is 0. The lowest BCUT2D eigenvalue weighted by atomic mass is 10.0. The standard InChI is InChI=1S/C15H18O2.C2H6/c1-13-7-5-6-10-15(13)17-12-11-16-14-8-3-2-4-9-14;1-2/h2-6,8-10,13H,7,11-12H2,1H3;1-2H3. The van der Waals surface area contributed by atoms with Gasteiger partial charge < -0.3 is 9.47 Å². The Labute approximate surface area is 116 Å². The summed E-state index contributed by atoms with van der Waals surface area (Å²) in [5, 5.41) is 0. The van der Waals surface area contributed by atoms with Crippen molar-refractivity contribution in [2.75, 3.05) is 13.2 Å². The molecule has 0 aliphatic heterocycles. The Morgan fingerprint density at radius 1 is 1.05 bits per heavy atom. The molecule has 1 atom stereocenters. The van der Waals surface area contributed by atoms with E-state index >= 15 is 0 Å². The molecular formula is C17H24O2. The summed E-state index contributed by atoms with van der Waals surface area (Å²) in [5.41, 5.74) is 0. The number of allylic oxidation sites excluding steroid dienone is 4. The summed E-state index contributed by atoms with van der Waals surface area (Å²) in [6, 6.07) is 9.81. The number of hydrogen-bond donors (Lipinski definition) is 0. The molecule has 1 aromatic rings.